The van der Waals surface area contributed by atoms with Gasteiger partial charge in [-0.3, -0.25) is 4.72 Å². The summed E-state index contributed by atoms with van der Waals surface area (Å²) >= 11 is 0. The molecule has 118 valence electrons. The number of hydrogen-bond acceptors (Lipinski definition) is 5. The lowest BCUT2D eigenvalue weighted by Crippen LogP contribution is -2.09. The molecule has 0 saturated carbocycles. The van der Waals surface area contributed by atoms with Gasteiger partial charge in [0.15, 0.2) is 0 Å². The van der Waals surface area contributed by atoms with Crippen LogP contribution in [0.1, 0.15) is 0 Å². The van der Waals surface area contributed by atoms with Crippen LogP contribution in [0.5, 0.6) is 0 Å². The number of nitrogens with zero attached hydrogens (tertiary/aromatic N) is 2. The predicted molar refractivity (Wildman–Crippen MR) is 83.6 cm³/mol. The van der Waals surface area contributed by atoms with Crippen molar-refractivity contribution < 1.29 is 17.3 Å². The van der Waals surface area contributed by atoms with Gasteiger partial charge in [-0.2, -0.15) is 4.98 Å². The molecule has 1 aromatic heterocycles. The number of hydrogen-bond donors (Lipinski definition) is 1. The molecule has 0 amide bonds. The van der Waals surface area contributed by atoms with Crippen molar-refractivity contribution in [1.29, 1.82) is 0 Å². The van der Waals surface area contributed by atoms with Gasteiger partial charge in [0.2, 0.25) is 15.8 Å². The van der Waals surface area contributed by atoms with Crippen LogP contribution in [-0.2, 0) is 10.0 Å². The van der Waals surface area contributed by atoms with Crippen molar-refractivity contribution >= 4 is 15.7 Å². The van der Waals surface area contributed by atoms with Crippen molar-refractivity contribution in [2.75, 3.05) is 11.0 Å². The van der Waals surface area contributed by atoms with Crippen LogP contribution in [0.4, 0.5) is 10.1 Å². The average Bonchev–Trinajstić information content (AvgIpc) is 2.96. The molecule has 0 aliphatic rings. The molecule has 3 rings (SSSR count). The Hall–Kier alpha value is -2.74. The van der Waals surface area contributed by atoms with Crippen molar-refractivity contribution in [1.82, 2.24) is 10.1 Å². The molecule has 0 aliphatic heterocycles. The van der Waals surface area contributed by atoms with Crippen molar-refractivity contribution in [3.63, 3.8) is 0 Å². The first-order valence-electron chi connectivity index (χ1n) is 6.58. The van der Waals surface area contributed by atoms with Gasteiger partial charge >= 0.3 is 0 Å². The summed E-state index contributed by atoms with van der Waals surface area (Å²) in [6.45, 7) is 0. The molecule has 1 N–H and O–H groups in total. The van der Waals surface area contributed by atoms with Crippen LogP contribution in [0.3, 0.4) is 0 Å². The minimum absolute atomic E-state index is 0.206. The summed E-state index contributed by atoms with van der Waals surface area (Å²) < 4.78 is 43.0. The second kappa shape index (κ2) is 5.81. The maximum absolute atomic E-state index is 13.2. The number of halogens is 1. The van der Waals surface area contributed by atoms with Crippen molar-refractivity contribution in [3.8, 4) is 22.8 Å². The Balaban J connectivity index is 1.86. The second-order valence-corrected chi connectivity index (χ2v) is 6.63. The third-order valence-corrected chi connectivity index (χ3v) is 3.55. The smallest absolute Gasteiger partial charge is 0.258 e. The van der Waals surface area contributed by atoms with Gasteiger partial charge in [0.1, 0.15) is 5.82 Å². The standard InChI is InChI=1S/C15H12FN3O3S/c1-23(20,21)19-13-7-5-10(6-8-13)14-17-15(22-18-14)11-3-2-4-12(16)9-11/h2-9,19H,1H3. The quantitative estimate of drug-likeness (QED) is 0.793. The zero-order chi connectivity index (χ0) is 16.4. The van der Waals surface area contributed by atoms with Crippen LogP contribution < -0.4 is 4.72 Å². The van der Waals surface area contributed by atoms with E-state index >= 15 is 0 Å². The summed E-state index contributed by atoms with van der Waals surface area (Å²) in [5.41, 5.74) is 1.57. The molecular weight excluding hydrogens is 321 g/mol. The van der Waals surface area contributed by atoms with Gasteiger partial charge in [-0.25, -0.2) is 12.8 Å². The Morgan fingerprint density at radius 2 is 1.83 bits per heavy atom. The molecular formula is C15H12FN3O3S. The van der Waals surface area contributed by atoms with E-state index in [9.17, 15) is 12.8 Å². The van der Waals surface area contributed by atoms with Gasteiger partial charge in [0.05, 0.1) is 6.26 Å². The zero-order valence-corrected chi connectivity index (χ0v) is 12.8. The third kappa shape index (κ3) is 3.72. The van der Waals surface area contributed by atoms with Crippen molar-refractivity contribution in [2.24, 2.45) is 0 Å². The summed E-state index contributed by atoms with van der Waals surface area (Å²) in [5.74, 6) is 0.145. The number of sulfonamides is 1. The highest BCUT2D eigenvalue weighted by Crippen LogP contribution is 2.23. The first kappa shape index (κ1) is 15.2. The van der Waals surface area contributed by atoms with Gasteiger partial charge in [0.25, 0.3) is 5.89 Å². The maximum atomic E-state index is 13.2. The van der Waals surface area contributed by atoms with E-state index < -0.39 is 15.8 Å². The Bertz CT molecular complexity index is 937. The second-order valence-electron chi connectivity index (χ2n) is 4.89. The Labute approximate surface area is 132 Å². The summed E-state index contributed by atoms with van der Waals surface area (Å²) in [7, 11) is -3.33. The molecule has 0 bridgehead atoms. The molecule has 23 heavy (non-hydrogen) atoms. The average molecular weight is 333 g/mol. The number of nitrogens with one attached hydrogen (secondary N) is 1. The van der Waals surface area contributed by atoms with Gasteiger partial charge < -0.3 is 4.52 Å². The monoisotopic (exact) mass is 333 g/mol. The molecule has 0 unspecified atom stereocenters. The summed E-state index contributed by atoms with van der Waals surface area (Å²) in [6, 6.07) is 12.4. The Kier molecular flexibility index (Phi) is 3.83. The molecule has 0 atom stereocenters. The van der Waals surface area contributed by atoms with Gasteiger partial charge in [-0.1, -0.05) is 11.2 Å². The highest BCUT2D eigenvalue weighted by atomic mass is 32.2. The van der Waals surface area contributed by atoms with Crippen molar-refractivity contribution in [3.05, 3.63) is 54.3 Å². The fraction of sp³-hybridized carbons (Fsp3) is 0.0667. The SMILES string of the molecule is CS(=O)(=O)Nc1ccc(-c2noc(-c3cccc(F)c3)n2)cc1. The van der Waals surface area contributed by atoms with E-state index in [-0.39, 0.29) is 5.89 Å². The fourth-order valence-corrected chi connectivity index (χ4v) is 2.55. The molecule has 8 heteroatoms. The minimum Gasteiger partial charge on any atom is -0.334 e. The lowest BCUT2D eigenvalue weighted by Gasteiger charge is -2.03. The van der Waals surface area contributed by atoms with Gasteiger partial charge in [0, 0.05) is 16.8 Å². The van der Waals surface area contributed by atoms with Crippen LogP contribution in [0.2, 0.25) is 0 Å². The largest absolute Gasteiger partial charge is 0.334 e. The molecule has 2 aromatic carbocycles. The first-order chi connectivity index (χ1) is 10.9. The number of aromatic nitrogens is 2. The zero-order valence-electron chi connectivity index (χ0n) is 12.0. The lowest BCUT2D eigenvalue weighted by molar-refractivity contribution is 0.432. The Morgan fingerprint density at radius 3 is 2.48 bits per heavy atom. The number of anilines is 1. The normalized spacial score (nSPS) is 11.4. The lowest BCUT2D eigenvalue weighted by atomic mass is 10.2. The van der Waals surface area contributed by atoms with Crippen LogP contribution in [-0.4, -0.2) is 24.8 Å². The van der Waals surface area contributed by atoms with Crippen LogP contribution in [0, 0.1) is 5.82 Å². The van der Waals surface area contributed by atoms with Gasteiger partial charge in [-0.05, 0) is 42.5 Å². The highest BCUT2D eigenvalue weighted by Gasteiger charge is 2.11. The highest BCUT2D eigenvalue weighted by molar-refractivity contribution is 7.92. The van der Waals surface area contributed by atoms with E-state index in [1.807, 2.05) is 0 Å². The van der Waals surface area contributed by atoms with E-state index in [2.05, 4.69) is 14.9 Å². The van der Waals surface area contributed by atoms with E-state index in [0.717, 1.165) is 6.26 Å². The van der Waals surface area contributed by atoms with Crippen molar-refractivity contribution in [2.45, 2.75) is 0 Å². The minimum atomic E-state index is -3.33. The maximum Gasteiger partial charge on any atom is 0.258 e. The van der Waals surface area contributed by atoms with E-state index in [4.69, 9.17) is 4.52 Å². The molecule has 0 spiro atoms. The fourth-order valence-electron chi connectivity index (χ4n) is 1.98. The van der Waals surface area contributed by atoms with Crippen LogP contribution in [0.15, 0.2) is 53.1 Å². The number of rotatable bonds is 4. The molecule has 0 aliphatic carbocycles. The summed E-state index contributed by atoms with van der Waals surface area (Å²) in [5, 5.41) is 3.85. The number of benzene rings is 2. The molecule has 0 saturated heterocycles. The van der Waals surface area contributed by atoms with Crippen LogP contribution >= 0.6 is 0 Å². The molecule has 1 heterocycles. The van der Waals surface area contributed by atoms with Crippen LogP contribution in [0.25, 0.3) is 22.8 Å². The molecule has 0 fully saturated rings. The Morgan fingerprint density at radius 1 is 1.09 bits per heavy atom. The topological polar surface area (TPSA) is 85.1 Å². The molecule has 3 aromatic rings. The van der Waals surface area contributed by atoms with E-state index in [0.29, 0.717) is 22.6 Å². The summed E-state index contributed by atoms with van der Waals surface area (Å²) in [4.78, 5) is 4.21. The van der Waals surface area contributed by atoms with E-state index in [1.165, 1.54) is 12.1 Å². The molecule has 0 radical (unpaired) electrons. The van der Waals surface area contributed by atoms with E-state index in [1.54, 1.807) is 36.4 Å². The first-order valence-corrected chi connectivity index (χ1v) is 8.48. The molecule has 6 nitrogen and oxygen atoms in total. The third-order valence-electron chi connectivity index (χ3n) is 2.94. The predicted octanol–water partition coefficient (Wildman–Crippen LogP) is 2.91. The van der Waals surface area contributed by atoms with Gasteiger partial charge in [-0.15, -0.1) is 0 Å². The summed E-state index contributed by atoms with van der Waals surface area (Å²) in [6.07, 6.45) is 1.07.